The van der Waals surface area contributed by atoms with Gasteiger partial charge >= 0.3 is 0 Å². The van der Waals surface area contributed by atoms with Gasteiger partial charge in [-0.25, -0.2) is 5.43 Å². The van der Waals surface area contributed by atoms with Crippen LogP contribution < -0.4 is 10.3 Å². The Kier molecular flexibility index (Phi) is 2.18. The van der Waals surface area contributed by atoms with Gasteiger partial charge in [-0.05, 0) is 27.2 Å². The van der Waals surface area contributed by atoms with Crippen molar-refractivity contribution in [2.75, 3.05) is 12.3 Å². The molecule has 1 atom stereocenters. The molecule has 42 valence electrons. The molecule has 0 aromatic heterocycles. The first kappa shape index (κ1) is 5.62. The molecule has 0 spiro atoms. The second-order valence-corrected chi connectivity index (χ2v) is 3.94. The van der Waals surface area contributed by atoms with Crippen LogP contribution in [0.4, 0.5) is 0 Å². The van der Waals surface area contributed by atoms with Gasteiger partial charge in [-0.1, -0.05) is 0 Å². The van der Waals surface area contributed by atoms with Gasteiger partial charge in [0.05, 0.1) is 0 Å². The number of rotatable bonds is 0. The van der Waals surface area contributed by atoms with Gasteiger partial charge in [-0.2, -0.15) is 4.83 Å². The van der Waals surface area contributed by atoms with Crippen LogP contribution >= 0.6 is 0 Å². The molecule has 0 amide bonds. The summed E-state index contributed by atoms with van der Waals surface area (Å²) in [5.41, 5.74) is 2.99. The third-order valence-corrected chi connectivity index (χ3v) is 2.60. The molecule has 2 N–H and O–H groups in total. The Morgan fingerprint density at radius 3 is 2.71 bits per heavy atom. The van der Waals surface area contributed by atoms with E-state index in [9.17, 15) is 0 Å². The molecule has 0 aliphatic carbocycles. The van der Waals surface area contributed by atoms with Crippen molar-refractivity contribution in [2.45, 2.75) is 6.42 Å². The Morgan fingerprint density at radius 2 is 2.43 bits per heavy atom. The van der Waals surface area contributed by atoms with Gasteiger partial charge in [0.25, 0.3) is 0 Å². The number of nitrogens with one attached hydrogen (secondary N) is 2. The number of hydrazine groups is 1. The minimum absolute atomic E-state index is 0.0320. The molecule has 7 heavy (non-hydrogen) atoms. The summed E-state index contributed by atoms with van der Waals surface area (Å²) in [6, 6.07) is 0. The summed E-state index contributed by atoms with van der Waals surface area (Å²) >= 11 is 4.94. The zero-order valence-electron chi connectivity index (χ0n) is 3.94. The molecule has 1 aliphatic heterocycles. The molecule has 1 unspecified atom stereocenters. The van der Waals surface area contributed by atoms with E-state index < -0.39 is 0 Å². The Morgan fingerprint density at radius 1 is 1.57 bits per heavy atom. The molecule has 2 nitrogen and oxygen atoms in total. The molecule has 1 heterocycles. The number of hydrogen-bond donors (Lipinski definition) is 2. The molecule has 0 aromatic rings. The predicted molar refractivity (Wildman–Crippen MR) is 35.4 cm³/mol. The van der Waals surface area contributed by atoms with Crippen molar-refractivity contribution in [3.8, 4) is 0 Å². The molecule has 4 heteroatoms. The van der Waals surface area contributed by atoms with Gasteiger partial charge < -0.3 is 0 Å². The van der Waals surface area contributed by atoms with Crippen LogP contribution in [0.15, 0.2) is 0 Å². The van der Waals surface area contributed by atoms with Crippen LogP contribution in [0.3, 0.4) is 0 Å². The van der Waals surface area contributed by atoms with E-state index in [1.807, 2.05) is 0 Å². The average molecular weight is 136 g/mol. The third kappa shape index (κ3) is 1.82. The van der Waals surface area contributed by atoms with E-state index in [1.54, 1.807) is 0 Å². The van der Waals surface area contributed by atoms with E-state index in [4.69, 9.17) is 11.2 Å². The Bertz CT molecular complexity index is 75.0. The summed E-state index contributed by atoms with van der Waals surface area (Å²) in [5, 5.41) is 0. The van der Waals surface area contributed by atoms with E-state index in [1.165, 1.54) is 6.42 Å². The van der Waals surface area contributed by atoms with Gasteiger partial charge in [0.2, 0.25) is 0 Å². The second-order valence-electron chi connectivity index (χ2n) is 1.43. The van der Waals surface area contributed by atoms with Crippen molar-refractivity contribution in [3.05, 3.63) is 0 Å². The second kappa shape index (κ2) is 2.71. The lowest BCUT2D eigenvalue weighted by Gasteiger charge is -2.13. The minimum Gasteiger partial charge on any atom is -0.248 e. The van der Waals surface area contributed by atoms with Crippen LogP contribution in [0, 0.1) is 0 Å². The normalized spacial score (nSPS) is 32.9. The Hall–Kier alpha value is 0.490. The van der Waals surface area contributed by atoms with Gasteiger partial charge in [-0.3, -0.25) is 0 Å². The third-order valence-electron chi connectivity index (χ3n) is 0.818. The van der Waals surface area contributed by atoms with Crippen LogP contribution in [0.1, 0.15) is 6.42 Å². The van der Waals surface area contributed by atoms with Crippen LogP contribution in [0.25, 0.3) is 0 Å². The fourth-order valence-corrected chi connectivity index (χ4v) is 1.78. The minimum atomic E-state index is 0.0320. The van der Waals surface area contributed by atoms with Crippen molar-refractivity contribution in [1.29, 1.82) is 0 Å². The smallest absolute Gasteiger partial charge is 0.0140 e. The van der Waals surface area contributed by atoms with Crippen LogP contribution in [0.5, 0.6) is 0 Å². The van der Waals surface area contributed by atoms with Gasteiger partial charge in [0.15, 0.2) is 0 Å². The maximum atomic E-state index is 4.94. The Balaban J connectivity index is 2.25. The molecule has 0 saturated carbocycles. The zero-order valence-corrected chi connectivity index (χ0v) is 5.57. The summed E-state index contributed by atoms with van der Waals surface area (Å²) in [7, 11) is 0.0320. The molecule has 1 saturated heterocycles. The predicted octanol–water partition coefficient (Wildman–Crippen LogP) is -0.521. The zero-order chi connectivity index (χ0) is 5.11. The molecular weight excluding hydrogens is 128 g/mol. The van der Waals surface area contributed by atoms with E-state index in [2.05, 4.69) is 10.3 Å². The van der Waals surface area contributed by atoms with E-state index in [0.29, 0.717) is 0 Å². The molecule has 0 aromatic carbocycles. The maximum absolute atomic E-state index is 4.94. The Labute approximate surface area is 50.4 Å². The highest BCUT2D eigenvalue weighted by Crippen LogP contribution is 1.85. The summed E-state index contributed by atoms with van der Waals surface area (Å²) in [6.45, 7) is 1.07. The summed E-state index contributed by atoms with van der Waals surface area (Å²) in [4.78, 5) is 2.97. The first-order chi connectivity index (χ1) is 3.39. The number of hydrogen-bond acceptors (Lipinski definition) is 2. The fourth-order valence-electron chi connectivity index (χ4n) is 0.474. The topological polar surface area (TPSA) is 24.1 Å². The highest BCUT2D eigenvalue weighted by atomic mass is 32.8. The quantitative estimate of drug-likeness (QED) is 0.468. The van der Waals surface area contributed by atoms with Gasteiger partial charge in [0.1, 0.15) is 0 Å². The highest BCUT2D eigenvalue weighted by Gasteiger charge is 1.98. The van der Waals surface area contributed by atoms with Crippen LogP contribution in [-0.4, -0.2) is 12.3 Å². The maximum Gasteiger partial charge on any atom is 0.0140 e. The lowest BCUT2D eigenvalue weighted by Crippen LogP contribution is -2.40. The molecule has 1 aliphatic rings. The van der Waals surface area contributed by atoms with E-state index in [0.717, 1.165) is 12.3 Å². The van der Waals surface area contributed by atoms with Gasteiger partial charge in [0, 0.05) is 12.3 Å². The van der Waals surface area contributed by atoms with Crippen molar-refractivity contribution >= 4 is 20.8 Å². The lowest BCUT2D eigenvalue weighted by atomic mass is 10.5. The summed E-state index contributed by atoms with van der Waals surface area (Å²) < 4.78 is 0. The van der Waals surface area contributed by atoms with Crippen molar-refractivity contribution in [1.82, 2.24) is 10.3 Å². The summed E-state index contributed by atoms with van der Waals surface area (Å²) in [5.74, 6) is 1.16. The van der Waals surface area contributed by atoms with Crippen molar-refractivity contribution < 1.29 is 0 Å². The van der Waals surface area contributed by atoms with E-state index in [-0.39, 0.29) is 9.64 Å². The first-order valence-corrected chi connectivity index (χ1v) is 4.58. The standard InChI is InChI=1S/C3H8N2S2/c6-7-3-1-2-4-5-7/h4-5H,1-3H2. The van der Waals surface area contributed by atoms with Crippen LogP contribution in [-0.2, 0) is 20.8 Å². The van der Waals surface area contributed by atoms with Crippen molar-refractivity contribution in [3.63, 3.8) is 0 Å². The summed E-state index contributed by atoms with van der Waals surface area (Å²) in [6.07, 6.45) is 1.22. The SMILES string of the molecule is S=S1CCCNN1. The highest BCUT2D eigenvalue weighted by molar-refractivity contribution is 8.27. The largest absolute Gasteiger partial charge is 0.248 e. The molecule has 1 fully saturated rings. The van der Waals surface area contributed by atoms with Crippen molar-refractivity contribution in [2.24, 2.45) is 0 Å². The monoisotopic (exact) mass is 136 g/mol. The van der Waals surface area contributed by atoms with E-state index >= 15 is 0 Å². The fraction of sp³-hybridized carbons (Fsp3) is 1.00. The first-order valence-electron chi connectivity index (χ1n) is 2.26. The molecule has 0 bridgehead atoms. The average Bonchev–Trinajstić information content (AvgIpc) is 1.69. The molecular formula is C3H8N2S2. The van der Waals surface area contributed by atoms with Crippen LogP contribution in [0.2, 0.25) is 0 Å². The lowest BCUT2D eigenvalue weighted by molar-refractivity contribution is 0.645. The molecule has 1 rings (SSSR count). The molecule has 0 radical (unpaired) electrons. The van der Waals surface area contributed by atoms with Gasteiger partial charge in [-0.15, -0.1) is 0 Å².